The smallest absolute Gasteiger partial charge is 0.325 e. The zero-order valence-electron chi connectivity index (χ0n) is 20.2. The second kappa shape index (κ2) is 9.13. The Bertz CT molecular complexity index is 1300. The lowest BCUT2D eigenvalue weighted by Crippen LogP contribution is -2.42. The normalized spacial score (nSPS) is 17.3. The number of urea groups is 1. The summed E-state index contributed by atoms with van der Waals surface area (Å²) < 4.78 is 12.2. The van der Waals surface area contributed by atoms with Crippen LogP contribution >= 0.6 is 0 Å². The third-order valence-electron chi connectivity index (χ3n) is 5.92. The van der Waals surface area contributed by atoms with Gasteiger partial charge in [0, 0.05) is 6.07 Å². The van der Waals surface area contributed by atoms with Crippen LogP contribution in [0, 0.1) is 13.8 Å². The molecule has 1 fully saturated rings. The molecule has 2 aromatic carbocycles. The number of carbonyl (C=O) groups excluding carboxylic acids is 3. The fourth-order valence-electron chi connectivity index (χ4n) is 3.98. The van der Waals surface area contributed by atoms with Gasteiger partial charge >= 0.3 is 6.03 Å². The summed E-state index contributed by atoms with van der Waals surface area (Å²) in [4.78, 5) is 39.8. The Morgan fingerprint density at radius 2 is 1.71 bits per heavy atom. The second-order valence-electron chi connectivity index (χ2n) is 8.48. The van der Waals surface area contributed by atoms with Crippen molar-refractivity contribution in [1.82, 2.24) is 20.0 Å². The molecule has 10 heteroatoms. The number of carbonyl (C=O) groups is 3. The average molecular weight is 478 g/mol. The first-order valence-corrected chi connectivity index (χ1v) is 11.0. The van der Waals surface area contributed by atoms with E-state index in [9.17, 15) is 14.4 Å². The fraction of sp³-hybridized carbons (Fsp3) is 0.280. The van der Waals surface area contributed by atoms with Gasteiger partial charge < -0.3 is 20.1 Å². The van der Waals surface area contributed by atoms with Crippen LogP contribution in [0.1, 0.15) is 23.7 Å². The molecule has 1 aromatic heterocycles. The minimum Gasteiger partial charge on any atom is -0.493 e. The van der Waals surface area contributed by atoms with Gasteiger partial charge in [-0.15, -0.1) is 0 Å². The van der Waals surface area contributed by atoms with Crippen LogP contribution in [0.15, 0.2) is 48.5 Å². The number of nitrogens with zero attached hydrogens (tertiary/aromatic N) is 3. The molecule has 35 heavy (non-hydrogen) atoms. The van der Waals surface area contributed by atoms with E-state index in [4.69, 9.17) is 9.47 Å². The molecule has 1 aliphatic heterocycles. The van der Waals surface area contributed by atoms with Gasteiger partial charge in [-0.25, -0.2) is 9.48 Å². The lowest BCUT2D eigenvalue weighted by Gasteiger charge is -2.23. The predicted molar refractivity (Wildman–Crippen MR) is 129 cm³/mol. The van der Waals surface area contributed by atoms with Gasteiger partial charge in [-0.2, -0.15) is 5.10 Å². The Kier molecular flexibility index (Phi) is 6.21. The van der Waals surface area contributed by atoms with Gasteiger partial charge in [-0.3, -0.25) is 14.5 Å². The molecule has 2 heterocycles. The maximum absolute atomic E-state index is 13.3. The first kappa shape index (κ1) is 23.8. The third-order valence-corrected chi connectivity index (χ3v) is 5.92. The van der Waals surface area contributed by atoms with Gasteiger partial charge in [0.1, 0.15) is 17.9 Å². The van der Waals surface area contributed by atoms with Gasteiger partial charge in [0.25, 0.3) is 5.91 Å². The highest BCUT2D eigenvalue weighted by molar-refractivity contribution is 6.10. The van der Waals surface area contributed by atoms with Crippen molar-refractivity contribution in [2.75, 3.05) is 26.1 Å². The molecule has 1 saturated heterocycles. The van der Waals surface area contributed by atoms with Crippen LogP contribution in [0.2, 0.25) is 0 Å². The first-order valence-electron chi connectivity index (χ1n) is 11.0. The molecular weight excluding hydrogens is 450 g/mol. The summed E-state index contributed by atoms with van der Waals surface area (Å²) in [6.07, 6.45) is 0. The van der Waals surface area contributed by atoms with Crippen LogP contribution in [0.4, 0.5) is 10.6 Å². The van der Waals surface area contributed by atoms with Gasteiger partial charge in [-0.05, 0) is 50.6 Å². The van der Waals surface area contributed by atoms with Crippen molar-refractivity contribution >= 4 is 23.7 Å². The Balaban J connectivity index is 1.53. The Labute approximate surface area is 202 Å². The van der Waals surface area contributed by atoms with Crippen LogP contribution in [0.25, 0.3) is 5.69 Å². The Hall–Kier alpha value is -4.34. The zero-order valence-corrected chi connectivity index (χ0v) is 20.2. The molecule has 0 unspecified atom stereocenters. The minimum atomic E-state index is -1.36. The molecule has 1 atom stereocenters. The fourth-order valence-corrected chi connectivity index (χ4v) is 3.98. The van der Waals surface area contributed by atoms with E-state index in [1.54, 1.807) is 35.9 Å². The summed E-state index contributed by atoms with van der Waals surface area (Å²) in [5.74, 6) is 0.273. The SMILES string of the molecule is COc1ccc([C@]2(C)NC(=O)N(CC(=O)Nc3cc(C)nn3-c3ccc(C)cc3)C2=O)cc1OC. The average Bonchev–Trinajstić information content (AvgIpc) is 3.30. The highest BCUT2D eigenvalue weighted by atomic mass is 16.5. The number of hydrogen-bond donors (Lipinski definition) is 2. The molecule has 0 spiro atoms. The molecule has 2 N–H and O–H groups in total. The van der Waals surface area contributed by atoms with Gasteiger partial charge in [0.05, 0.1) is 25.6 Å². The van der Waals surface area contributed by atoms with Crippen LogP contribution in [-0.2, 0) is 15.1 Å². The molecular formula is C25H27N5O5. The van der Waals surface area contributed by atoms with E-state index in [0.717, 1.165) is 16.2 Å². The van der Waals surface area contributed by atoms with E-state index in [1.807, 2.05) is 38.1 Å². The predicted octanol–water partition coefficient (Wildman–Crippen LogP) is 2.91. The van der Waals surface area contributed by atoms with Gasteiger partial charge in [0.15, 0.2) is 11.5 Å². The number of imide groups is 1. The van der Waals surface area contributed by atoms with Crippen molar-refractivity contribution in [3.8, 4) is 17.2 Å². The van der Waals surface area contributed by atoms with Gasteiger partial charge in [0.2, 0.25) is 5.91 Å². The molecule has 10 nitrogen and oxygen atoms in total. The van der Waals surface area contributed by atoms with Crippen molar-refractivity contribution in [2.24, 2.45) is 0 Å². The van der Waals surface area contributed by atoms with Crippen molar-refractivity contribution in [3.63, 3.8) is 0 Å². The quantitative estimate of drug-likeness (QED) is 0.506. The highest BCUT2D eigenvalue weighted by Crippen LogP contribution is 2.35. The van der Waals surface area contributed by atoms with Crippen molar-refractivity contribution in [3.05, 3.63) is 65.4 Å². The highest BCUT2D eigenvalue weighted by Gasteiger charge is 2.49. The number of anilines is 1. The lowest BCUT2D eigenvalue weighted by molar-refractivity contribution is -0.133. The number of aromatic nitrogens is 2. The number of hydrogen-bond acceptors (Lipinski definition) is 6. The van der Waals surface area contributed by atoms with E-state index < -0.39 is 29.9 Å². The number of aryl methyl sites for hydroxylation is 2. The van der Waals surface area contributed by atoms with E-state index in [-0.39, 0.29) is 0 Å². The minimum absolute atomic E-state index is 0.421. The molecule has 182 valence electrons. The summed E-state index contributed by atoms with van der Waals surface area (Å²) >= 11 is 0. The summed E-state index contributed by atoms with van der Waals surface area (Å²) in [7, 11) is 2.99. The lowest BCUT2D eigenvalue weighted by atomic mass is 9.91. The van der Waals surface area contributed by atoms with Crippen LogP contribution < -0.4 is 20.1 Å². The summed E-state index contributed by atoms with van der Waals surface area (Å²) in [5, 5.41) is 9.90. The number of amides is 4. The Morgan fingerprint density at radius 1 is 1.03 bits per heavy atom. The van der Waals surface area contributed by atoms with E-state index in [1.165, 1.54) is 14.2 Å². The molecule has 0 bridgehead atoms. The maximum atomic E-state index is 13.3. The van der Waals surface area contributed by atoms with Crippen molar-refractivity contribution in [1.29, 1.82) is 0 Å². The monoisotopic (exact) mass is 477 g/mol. The van der Waals surface area contributed by atoms with Crippen LogP contribution in [-0.4, -0.2) is 53.3 Å². The molecule has 0 saturated carbocycles. The third kappa shape index (κ3) is 4.42. The second-order valence-corrected chi connectivity index (χ2v) is 8.48. The van der Waals surface area contributed by atoms with Crippen molar-refractivity contribution < 1.29 is 23.9 Å². The number of ether oxygens (including phenoxy) is 2. The summed E-state index contributed by atoms with van der Waals surface area (Å²) in [5.41, 5.74) is 1.72. The van der Waals surface area contributed by atoms with Crippen molar-refractivity contribution in [2.45, 2.75) is 26.3 Å². The first-order chi connectivity index (χ1) is 16.7. The number of benzene rings is 2. The molecule has 1 aliphatic rings. The van der Waals surface area contributed by atoms with Gasteiger partial charge in [-0.1, -0.05) is 23.8 Å². The standard InChI is InChI=1S/C25H27N5O5/c1-15-6-9-18(10-7-15)30-21(12-16(2)28-30)26-22(31)14-29-23(32)25(3,27-24(29)33)17-8-11-19(34-4)20(13-17)35-5/h6-13H,14H2,1-5H3,(H,26,31)(H,27,33)/t25-/m0/s1. The number of methoxy groups -OCH3 is 2. The number of nitrogens with one attached hydrogen (secondary N) is 2. The zero-order chi connectivity index (χ0) is 25.3. The summed E-state index contributed by atoms with van der Waals surface area (Å²) in [6.45, 7) is 4.93. The van der Waals surface area contributed by atoms with E-state index >= 15 is 0 Å². The molecule has 0 aliphatic carbocycles. The van der Waals surface area contributed by atoms with E-state index in [0.29, 0.717) is 28.6 Å². The van der Waals surface area contributed by atoms with Crippen LogP contribution in [0.3, 0.4) is 0 Å². The Morgan fingerprint density at radius 3 is 2.37 bits per heavy atom. The topological polar surface area (TPSA) is 115 Å². The largest absolute Gasteiger partial charge is 0.493 e. The van der Waals surface area contributed by atoms with E-state index in [2.05, 4.69) is 15.7 Å². The van der Waals surface area contributed by atoms with Crippen LogP contribution in [0.5, 0.6) is 11.5 Å². The number of rotatable bonds is 7. The summed E-state index contributed by atoms with van der Waals surface area (Å²) in [6, 6.07) is 13.7. The maximum Gasteiger partial charge on any atom is 0.325 e. The molecule has 4 rings (SSSR count). The molecule has 0 radical (unpaired) electrons. The molecule has 4 amide bonds. The molecule has 3 aromatic rings.